The second-order valence-corrected chi connectivity index (χ2v) is 4.76. The number of hydrogen-bond donors (Lipinski definition) is 0. The molecule has 0 spiro atoms. The number of rotatable bonds is 4. The highest BCUT2D eigenvalue weighted by atomic mass is 16.5. The van der Waals surface area contributed by atoms with Gasteiger partial charge >= 0.3 is 0 Å². The van der Waals surface area contributed by atoms with Gasteiger partial charge in [0.15, 0.2) is 6.61 Å². The molecule has 4 heteroatoms. The molecule has 0 N–H and O–H groups in total. The van der Waals surface area contributed by atoms with Gasteiger partial charge in [-0.25, -0.2) is 0 Å². The van der Waals surface area contributed by atoms with Crippen molar-refractivity contribution in [2.24, 2.45) is 0 Å². The Kier molecular flexibility index (Phi) is 3.65. The fraction of sp³-hybridized carbons (Fsp3) is 0.429. The fourth-order valence-corrected chi connectivity index (χ4v) is 1.57. The normalized spacial score (nSPS) is 10.9. The molecule has 96 valence electrons. The van der Waals surface area contributed by atoms with E-state index in [4.69, 9.17) is 9.26 Å². The van der Waals surface area contributed by atoms with E-state index in [-0.39, 0.29) is 5.92 Å². The highest BCUT2D eigenvalue weighted by Crippen LogP contribution is 2.20. The summed E-state index contributed by atoms with van der Waals surface area (Å²) in [5.74, 6) is 2.34. The first kappa shape index (κ1) is 12.6. The zero-order chi connectivity index (χ0) is 13.1. The van der Waals surface area contributed by atoms with E-state index in [1.807, 2.05) is 39.8 Å². The average Bonchev–Trinajstić information content (AvgIpc) is 2.79. The van der Waals surface area contributed by atoms with Gasteiger partial charge in [-0.05, 0) is 31.0 Å². The highest BCUT2D eigenvalue weighted by molar-refractivity contribution is 5.35. The van der Waals surface area contributed by atoms with Crippen LogP contribution in [0.25, 0.3) is 0 Å². The maximum atomic E-state index is 5.71. The van der Waals surface area contributed by atoms with Gasteiger partial charge in [0.25, 0.3) is 0 Å². The minimum absolute atomic E-state index is 0.243. The van der Waals surface area contributed by atoms with Crippen LogP contribution in [0.5, 0.6) is 5.75 Å². The summed E-state index contributed by atoms with van der Waals surface area (Å²) in [6, 6.07) is 6.12. The monoisotopic (exact) mass is 246 g/mol. The lowest BCUT2D eigenvalue weighted by atomic mass is 10.1. The number of hydrogen-bond acceptors (Lipinski definition) is 4. The predicted molar refractivity (Wildman–Crippen MR) is 68.6 cm³/mol. The van der Waals surface area contributed by atoms with E-state index in [1.165, 1.54) is 5.56 Å². The number of benzene rings is 1. The first-order valence-corrected chi connectivity index (χ1v) is 6.09. The number of ether oxygens (including phenoxy) is 1. The highest BCUT2D eigenvalue weighted by Gasteiger charge is 2.10. The van der Waals surface area contributed by atoms with Crippen LogP contribution >= 0.6 is 0 Å². The molecule has 2 aromatic rings. The number of aromatic nitrogens is 2. The van der Waals surface area contributed by atoms with E-state index in [0.717, 1.165) is 11.3 Å². The van der Waals surface area contributed by atoms with E-state index in [1.54, 1.807) is 0 Å². The molecule has 0 aliphatic heterocycles. The Bertz CT molecular complexity index is 532. The molecule has 0 aliphatic rings. The summed E-state index contributed by atoms with van der Waals surface area (Å²) >= 11 is 0. The summed E-state index contributed by atoms with van der Waals surface area (Å²) < 4.78 is 10.8. The molecule has 0 atom stereocenters. The lowest BCUT2D eigenvalue weighted by molar-refractivity contribution is 0.282. The third-order valence-corrected chi connectivity index (χ3v) is 2.68. The van der Waals surface area contributed by atoms with Crippen LogP contribution in [-0.2, 0) is 6.61 Å². The van der Waals surface area contributed by atoms with Crippen molar-refractivity contribution in [1.29, 1.82) is 0 Å². The molecule has 0 radical (unpaired) electrons. The summed E-state index contributed by atoms with van der Waals surface area (Å²) in [6.45, 7) is 8.42. The predicted octanol–water partition coefficient (Wildman–Crippen LogP) is 3.39. The Labute approximate surface area is 107 Å². The molecular formula is C14H18N2O2. The number of nitrogens with zero attached hydrogens (tertiary/aromatic N) is 2. The van der Waals surface area contributed by atoms with Gasteiger partial charge in [-0.3, -0.25) is 0 Å². The van der Waals surface area contributed by atoms with Gasteiger partial charge in [0.1, 0.15) is 5.75 Å². The van der Waals surface area contributed by atoms with E-state index in [2.05, 4.69) is 16.2 Å². The third kappa shape index (κ3) is 2.88. The number of aryl methyl sites for hydroxylation is 2. The molecule has 0 saturated carbocycles. The van der Waals surface area contributed by atoms with Crippen molar-refractivity contribution in [3.63, 3.8) is 0 Å². The van der Waals surface area contributed by atoms with Gasteiger partial charge in [0.05, 0.1) is 0 Å². The van der Waals surface area contributed by atoms with Crippen molar-refractivity contribution in [3.8, 4) is 5.75 Å². The zero-order valence-corrected chi connectivity index (χ0v) is 11.2. The summed E-state index contributed by atoms with van der Waals surface area (Å²) in [5.41, 5.74) is 2.28. The summed E-state index contributed by atoms with van der Waals surface area (Å²) in [4.78, 5) is 4.27. The molecule has 4 nitrogen and oxygen atoms in total. The zero-order valence-electron chi connectivity index (χ0n) is 11.2. The van der Waals surface area contributed by atoms with Crippen molar-refractivity contribution < 1.29 is 9.26 Å². The van der Waals surface area contributed by atoms with Gasteiger partial charge < -0.3 is 9.26 Å². The van der Waals surface area contributed by atoms with Crippen LogP contribution in [0, 0.1) is 13.8 Å². The van der Waals surface area contributed by atoms with Crippen LogP contribution in [0.4, 0.5) is 0 Å². The Morgan fingerprint density at radius 3 is 2.72 bits per heavy atom. The minimum atomic E-state index is 0.243. The van der Waals surface area contributed by atoms with Crippen LogP contribution in [0.15, 0.2) is 22.7 Å². The molecule has 1 heterocycles. The van der Waals surface area contributed by atoms with Crippen molar-refractivity contribution in [3.05, 3.63) is 41.0 Å². The maximum Gasteiger partial charge on any atom is 0.229 e. The largest absolute Gasteiger partial charge is 0.485 e. The van der Waals surface area contributed by atoms with Gasteiger partial charge in [-0.2, -0.15) is 4.98 Å². The van der Waals surface area contributed by atoms with Crippen LogP contribution < -0.4 is 4.74 Å². The molecule has 0 bridgehead atoms. The molecule has 1 aromatic heterocycles. The lowest BCUT2D eigenvalue weighted by Crippen LogP contribution is -1.99. The van der Waals surface area contributed by atoms with Crippen molar-refractivity contribution in [1.82, 2.24) is 10.1 Å². The Morgan fingerprint density at radius 1 is 1.28 bits per heavy atom. The van der Waals surface area contributed by atoms with Crippen LogP contribution in [0.2, 0.25) is 0 Å². The van der Waals surface area contributed by atoms with E-state index in [9.17, 15) is 0 Å². The summed E-state index contributed by atoms with van der Waals surface area (Å²) in [7, 11) is 0. The fourth-order valence-electron chi connectivity index (χ4n) is 1.57. The molecule has 0 aliphatic carbocycles. The molecule has 1 aromatic carbocycles. The molecule has 18 heavy (non-hydrogen) atoms. The second-order valence-electron chi connectivity index (χ2n) is 4.76. The first-order valence-electron chi connectivity index (χ1n) is 6.09. The van der Waals surface area contributed by atoms with E-state index < -0.39 is 0 Å². The SMILES string of the molecule is Cc1ccc(C)c(OCc2noc(C(C)C)n2)c1. The Hall–Kier alpha value is -1.84. The molecule has 0 unspecified atom stereocenters. The quantitative estimate of drug-likeness (QED) is 0.829. The maximum absolute atomic E-state index is 5.71. The first-order chi connectivity index (χ1) is 8.56. The standard InChI is InChI=1S/C14H18N2O2/c1-9(2)14-15-13(16-18-14)8-17-12-7-10(3)5-6-11(12)4/h5-7,9H,8H2,1-4H3. The smallest absolute Gasteiger partial charge is 0.229 e. The third-order valence-electron chi connectivity index (χ3n) is 2.68. The van der Waals surface area contributed by atoms with Gasteiger partial charge in [-0.15, -0.1) is 0 Å². The lowest BCUT2D eigenvalue weighted by Gasteiger charge is -2.07. The summed E-state index contributed by atoms with van der Waals surface area (Å²) in [6.07, 6.45) is 0. The molecule has 2 rings (SSSR count). The minimum Gasteiger partial charge on any atom is -0.485 e. The van der Waals surface area contributed by atoms with Crippen LogP contribution in [0.1, 0.15) is 42.6 Å². The second kappa shape index (κ2) is 5.21. The summed E-state index contributed by atoms with van der Waals surface area (Å²) in [5, 5.41) is 3.89. The van der Waals surface area contributed by atoms with E-state index in [0.29, 0.717) is 18.3 Å². The van der Waals surface area contributed by atoms with Crippen molar-refractivity contribution in [2.45, 2.75) is 40.2 Å². The van der Waals surface area contributed by atoms with Crippen molar-refractivity contribution in [2.75, 3.05) is 0 Å². The van der Waals surface area contributed by atoms with Crippen LogP contribution in [0.3, 0.4) is 0 Å². The molecular weight excluding hydrogens is 228 g/mol. The topological polar surface area (TPSA) is 48.2 Å². The molecule has 0 saturated heterocycles. The molecule has 0 fully saturated rings. The van der Waals surface area contributed by atoms with Gasteiger partial charge in [-0.1, -0.05) is 31.1 Å². The van der Waals surface area contributed by atoms with Gasteiger partial charge in [0, 0.05) is 5.92 Å². The van der Waals surface area contributed by atoms with Crippen LogP contribution in [-0.4, -0.2) is 10.1 Å². The van der Waals surface area contributed by atoms with Crippen molar-refractivity contribution >= 4 is 0 Å². The van der Waals surface area contributed by atoms with E-state index >= 15 is 0 Å². The Balaban J connectivity index is 2.04. The molecule has 0 amide bonds. The Morgan fingerprint density at radius 2 is 2.06 bits per heavy atom. The average molecular weight is 246 g/mol. The van der Waals surface area contributed by atoms with Gasteiger partial charge in [0.2, 0.25) is 11.7 Å².